The second-order valence-electron chi connectivity index (χ2n) is 4.86. The van der Waals surface area contributed by atoms with Crippen molar-refractivity contribution in [2.75, 3.05) is 5.32 Å². The molecule has 2 rings (SSSR count). The summed E-state index contributed by atoms with van der Waals surface area (Å²) in [6, 6.07) is 10.5. The molecule has 4 nitrogen and oxygen atoms in total. The molecule has 3 N–H and O–H groups in total. The molecule has 7 heteroatoms. The van der Waals surface area contributed by atoms with E-state index < -0.39 is 23.6 Å². The van der Waals surface area contributed by atoms with Crippen LogP contribution in [0, 0.1) is 0 Å². The number of anilines is 1. The molecule has 2 aromatic rings. The molecule has 0 unspecified atom stereocenters. The molecule has 0 saturated carbocycles. The number of amides is 2. The molecule has 0 aromatic heterocycles. The third-order valence-corrected chi connectivity index (χ3v) is 3.07. The number of hydrogen-bond donors (Lipinski definition) is 2. The summed E-state index contributed by atoms with van der Waals surface area (Å²) in [6.45, 7) is 0. The zero-order valence-corrected chi connectivity index (χ0v) is 11.9. The van der Waals surface area contributed by atoms with Crippen molar-refractivity contribution in [1.82, 2.24) is 0 Å². The molecule has 120 valence electrons. The molecule has 0 atom stereocenters. The number of hydrogen-bond acceptors (Lipinski definition) is 2. The van der Waals surface area contributed by atoms with Crippen molar-refractivity contribution in [3.05, 3.63) is 65.2 Å². The van der Waals surface area contributed by atoms with Gasteiger partial charge in [0, 0.05) is 11.3 Å². The van der Waals surface area contributed by atoms with Crippen LogP contribution < -0.4 is 11.1 Å². The number of carbonyl (C=O) groups is 2. The van der Waals surface area contributed by atoms with E-state index in [1.807, 2.05) is 0 Å². The third-order valence-electron chi connectivity index (χ3n) is 3.07. The standard InChI is InChI=1S/C16H13F3N2O2/c17-16(18,19)12-3-1-2-10(8-12)9-14(22)21-13-6-4-11(5-7-13)15(20)23/h1-8H,9H2,(H2,20,23)(H,21,22). The zero-order valence-electron chi connectivity index (χ0n) is 11.9. The Morgan fingerprint density at radius 2 is 1.70 bits per heavy atom. The van der Waals surface area contributed by atoms with E-state index in [-0.39, 0.29) is 12.0 Å². The summed E-state index contributed by atoms with van der Waals surface area (Å²) >= 11 is 0. The van der Waals surface area contributed by atoms with Crippen LogP contribution in [0.3, 0.4) is 0 Å². The van der Waals surface area contributed by atoms with E-state index >= 15 is 0 Å². The van der Waals surface area contributed by atoms with Gasteiger partial charge in [-0.2, -0.15) is 13.2 Å². The Hall–Kier alpha value is -2.83. The number of benzene rings is 2. The summed E-state index contributed by atoms with van der Waals surface area (Å²) in [7, 11) is 0. The van der Waals surface area contributed by atoms with Crippen molar-refractivity contribution >= 4 is 17.5 Å². The number of rotatable bonds is 4. The monoisotopic (exact) mass is 322 g/mol. The molecular weight excluding hydrogens is 309 g/mol. The van der Waals surface area contributed by atoms with Crippen molar-refractivity contribution in [1.29, 1.82) is 0 Å². The van der Waals surface area contributed by atoms with Gasteiger partial charge in [-0.3, -0.25) is 9.59 Å². The number of alkyl halides is 3. The van der Waals surface area contributed by atoms with Crippen LogP contribution in [0.1, 0.15) is 21.5 Å². The average Bonchev–Trinajstić information content (AvgIpc) is 2.47. The lowest BCUT2D eigenvalue weighted by atomic mass is 10.1. The van der Waals surface area contributed by atoms with Gasteiger partial charge in [0.2, 0.25) is 11.8 Å². The highest BCUT2D eigenvalue weighted by atomic mass is 19.4. The Balaban J connectivity index is 2.03. The quantitative estimate of drug-likeness (QED) is 0.908. The van der Waals surface area contributed by atoms with E-state index in [4.69, 9.17) is 5.73 Å². The first-order valence-electron chi connectivity index (χ1n) is 6.61. The number of nitrogens with one attached hydrogen (secondary N) is 1. The van der Waals surface area contributed by atoms with E-state index in [9.17, 15) is 22.8 Å². The van der Waals surface area contributed by atoms with Gasteiger partial charge in [-0.1, -0.05) is 18.2 Å². The van der Waals surface area contributed by atoms with Crippen LogP contribution in [-0.4, -0.2) is 11.8 Å². The number of carbonyl (C=O) groups excluding carboxylic acids is 2. The van der Waals surface area contributed by atoms with Crippen LogP contribution in [0.5, 0.6) is 0 Å². The number of nitrogens with two attached hydrogens (primary N) is 1. The fourth-order valence-corrected chi connectivity index (χ4v) is 1.97. The van der Waals surface area contributed by atoms with Crippen molar-refractivity contribution in [3.8, 4) is 0 Å². The Bertz CT molecular complexity index is 725. The van der Waals surface area contributed by atoms with Crippen molar-refractivity contribution in [3.63, 3.8) is 0 Å². The van der Waals surface area contributed by atoms with Gasteiger partial charge in [0.25, 0.3) is 0 Å². The van der Waals surface area contributed by atoms with E-state index in [0.29, 0.717) is 11.3 Å². The van der Waals surface area contributed by atoms with Crippen molar-refractivity contribution in [2.45, 2.75) is 12.6 Å². The molecule has 0 bridgehead atoms. The smallest absolute Gasteiger partial charge is 0.366 e. The highest BCUT2D eigenvalue weighted by molar-refractivity contribution is 5.95. The van der Waals surface area contributed by atoms with Gasteiger partial charge < -0.3 is 11.1 Å². The third kappa shape index (κ3) is 4.57. The van der Waals surface area contributed by atoms with Crippen molar-refractivity contribution in [2.24, 2.45) is 5.73 Å². The van der Waals surface area contributed by atoms with Gasteiger partial charge in [0.15, 0.2) is 0 Å². The van der Waals surface area contributed by atoms with Crippen LogP contribution in [-0.2, 0) is 17.4 Å². The minimum atomic E-state index is -4.45. The molecule has 0 aliphatic rings. The Morgan fingerprint density at radius 3 is 2.26 bits per heavy atom. The van der Waals surface area contributed by atoms with Gasteiger partial charge in [-0.05, 0) is 35.9 Å². The maximum Gasteiger partial charge on any atom is 0.416 e. The highest BCUT2D eigenvalue weighted by Gasteiger charge is 2.30. The largest absolute Gasteiger partial charge is 0.416 e. The molecule has 0 radical (unpaired) electrons. The minimum absolute atomic E-state index is 0.193. The lowest BCUT2D eigenvalue weighted by Gasteiger charge is -2.09. The van der Waals surface area contributed by atoms with E-state index in [2.05, 4.69) is 5.32 Å². The maximum absolute atomic E-state index is 12.6. The SMILES string of the molecule is NC(=O)c1ccc(NC(=O)Cc2cccc(C(F)(F)F)c2)cc1. The number of primary amides is 1. The zero-order chi connectivity index (χ0) is 17.0. The molecule has 0 aliphatic carbocycles. The Kier molecular flexibility index (Phi) is 4.68. The summed E-state index contributed by atoms with van der Waals surface area (Å²) in [5.74, 6) is -1.05. The van der Waals surface area contributed by atoms with Gasteiger partial charge in [-0.15, -0.1) is 0 Å². The molecule has 2 amide bonds. The first-order chi connectivity index (χ1) is 10.8. The molecule has 0 saturated heterocycles. The van der Waals surface area contributed by atoms with Crippen LogP contribution in [0.15, 0.2) is 48.5 Å². The fourth-order valence-electron chi connectivity index (χ4n) is 1.97. The lowest BCUT2D eigenvalue weighted by molar-refractivity contribution is -0.137. The van der Waals surface area contributed by atoms with E-state index in [0.717, 1.165) is 12.1 Å². The molecule has 0 spiro atoms. The molecule has 0 heterocycles. The summed E-state index contributed by atoms with van der Waals surface area (Å²) in [5, 5.41) is 2.54. The molecular formula is C16H13F3N2O2. The van der Waals surface area contributed by atoms with Crippen LogP contribution in [0.25, 0.3) is 0 Å². The maximum atomic E-state index is 12.6. The van der Waals surface area contributed by atoms with Gasteiger partial charge in [0.05, 0.1) is 12.0 Å². The van der Waals surface area contributed by atoms with Gasteiger partial charge in [0.1, 0.15) is 0 Å². The molecule has 2 aromatic carbocycles. The topological polar surface area (TPSA) is 72.2 Å². The number of halogens is 3. The first kappa shape index (κ1) is 16.5. The van der Waals surface area contributed by atoms with Gasteiger partial charge in [-0.25, -0.2) is 0 Å². The van der Waals surface area contributed by atoms with Crippen molar-refractivity contribution < 1.29 is 22.8 Å². The van der Waals surface area contributed by atoms with Crippen LogP contribution in [0.2, 0.25) is 0 Å². The second-order valence-corrected chi connectivity index (χ2v) is 4.86. The normalized spacial score (nSPS) is 11.1. The lowest BCUT2D eigenvalue weighted by Crippen LogP contribution is -2.15. The summed E-state index contributed by atoms with van der Waals surface area (Å²) in [5.41, 5.74) is 5.27. The van der Waals surface area contributed by atoms with Crippen LogP contribution >= 0.6 is 0 Å². The first-order valence-corrected chi connectivity index (χ1v) is 6.61. The predicted octanol–water partition coefficient (Wildman–Crippen LogP) is 2.99. The Labute approximate surface area is 130 Å². The predicted molar refractivity (Wildman–Crippen MR) is 78.7 cm³/mol. The van der Waals surface area contributed by atoms with E-state index in [1.54, 1.807) is 0 Å². The second kappa shape index (κ2) is 6.51. The fraction of sp³-hybridized carbons (Fsp3) is 0.125. The molecule has 0 fully saturated rings. The minimum Gasteiger partial charge on any atom is -0.366 e. The van der Waals surface area contributed by atoms with Crippen LogP contribution in [0.4, 0.5) is 18.9 Å². The van der Waals surface area contributed by atoms with Gasteiger partial charge >= 0.3 is 6.18 Å². The summed E-state index contributed by atoms with van der Waals surface area (Å²) in [4.78, 5) is 22.8. The molecule has 23 heavy (non-hydrogen) atoms. The summed E-state index contributed by atoms with van der Waals surface area (Å²) < 4.78 is 37.9. The van der Waals surface area contributed by atoms with E-state index in [1.165, 1.54) is 36.4 Å². The summed E-state index contributed by atoms with van der Waals surface area (Å²) in [6.07, 6.45) is -4.64. The molecule has 0 aliphatic heterocycles. The highest BCUT2D eigenvalue weighted by Crippen LogP contribution is 2.29. The Morgan fingerprint density at radius 1 is 1.04 bits per heavy atom. The average molecular weight is 322 g/mol.